The number of likely N-dealkylation sites (tertiary alicyclic amines) is 1. The molecule has 0 unspecified atom stereocenters. The normalized spacial score (nSPS) is 18.7. The van der Waals surface area contributed by atoms with Gasteiger partial charge in [-0.15, -0.1) is 0 Å². The van der Waals surface area contributed by atoms with E-state index in [9.17, 15) is 32.8 Å². The number of nitrogens with one attached hydrogen (secondary N) is 3. The molecule has 182 valence electrons. The molecule has 2 aliphatic heterocycles. The van der Waals surface area contributed by atoms with Gasteiger partial charge in [-0.05, 0) is 18.2 Å². The van der Waals surface area contributed by atoms with Crippen LogP contribution in [0.5, 0.6) is 0 Å². The second-order valence-electron chi connectivity index (χ2n) is 7.71. The molecule has 2 aliphatic rings. The number of nitrogens with zero attached hydrogens (tertiary/aromatic N) is 3. The van der Waals surface area contributed by atoms with Crippen molar-refractivity contribution < 1.29 is 32.3 Å². The zero-order valence-corrected chi connectivity index (χ0v) is 19.4. The number of amides is 3. The molecule has 34 heavy (non-hydrogen) atoms. The summed E-state index contributed by atoms with van der Waals surface area (Å²) in [5.74, 6) is -2.57. The average Bonchev–Trinajstić information content (AvgIpc) is 2.79. The fraction of sp³-hybridized carbons (Fsp3) is 0.450. The van der Waals surface area contributed by atoms with Crippen molar-refractivity contribution in [3.63, 3.8) is 0 Å². The van der Waals surface area contributed by atoms with Crippen LogP contribution in [0, 0.1) is 11.3 Å². The number of hydrogen-bond acceptors (Lipinski definition) is 7. The highest BCUT2D eigenvalue weighted by molar-refractivity contribution is 9.10. The minimum atomic E-state index is -4.78. The lowest BCUT2D eigenvalue weighted by atomic mass is 9.82. The topological polar surface area (TPSA) is 136 Å². The Bertz CT molecular complexity index is 1060. The van der Waals surface area contributed by atoms with E-state index in [0.717, 1.165) is 7.05 Å². The predicted molar refractivity (Wildman–Crippen MR) is 115 cm³/mol. The lowest BCUT2D eigenvalue weighted by Crippen LogP contribution is -2.59. The monoisotopic (exact) mass is 544 g/mol. The zero-order valence-electron chi connectivity index (χ0n) is 17.8. The molecule has 1 aromatic rings. The van der Waals surface area contributed by atoms with Crippen LogP contribution >= 0.6 is 15.9 Å². The largest absolute Gasteiger partial charge is 0.435 e. The van der Waals surface area contributed by atoms with E-state index in [0.29, 0.717) is 21.3 Å². The second kappa shape index (κ2) is 9.98. The SMILES string of the molecule is CNC(=O)C(=O)N[C@H](CN1CCC2(CC1)OC(=O)NN=C2c1cc(C#N)ccc1Br)C(F)(F)F. The molecule has 10 nitrogen and oxygen atoms in total. The van der Waals surface area contributed by atoms with Crippen LogP contribution in [0.2, 0.25) is 0 Å². The number of alkyl halides is 3. The smallest absolute Gasteiger partial charge is 0.428 e. The Morgan fingerprint density at radius 3 is 2.62 bits per heavy atom. The Kier molecular flexibility index (Phi) is 7.47. The Hall–Kier alpha value is -3.18. The number of nitriles is 1. The van der Waals surface area contributed by atoms with Gasteiger partial charge in [0.05, 0.1) is 11.6 Å². The van der Waals surface area contributed by atoms with E-state index in [1.54, 1.807) is 23.5 Å². The Labute approximate surface area is 200 Å². The quantitative estimate of drug-likeness (QED) is 0.490. The van der Waals surface area contributed by atoms with Gasteiger partial charge in [0.2, 0.25) is 0 Å². The molecule has 3 rings (SSSR count). The van der Waals surface area contributed by atoms with Crippen molar-refractivity contribution in [1.82, 2.24) is 21.0 Å². The maximum Gasteiger partial charge on any atom is 0.428 e. The van der Waals surface area contributed by atoms with Crippen LogP contribution in [0.4, 0.5) is 18.0 Å². The number of carbonyl (C=O) groups is 3. The van der Waals surface area contributed by atoms with Crippen molar-refractivity contribution in [2.24, 2.45) is 5.10 Å². The minimum absolute atomic E-state index is 0.0876. The molecule has 1 fully saturated rings. The number of ether oxygens (including phenoxy) is 1. The van der Waals surface area contributed by atoms with E-state index in [4.69, 9.17) is 4.74 Å². The highest BCUT2D eigenvalue weighted by Gasteiger charge is 2.48. The molecule has 2 heterocycles. The maximum absolute atomic E-state index is 13.5. The van der Waals surface area contributed by atoms with Crippen molar-refractivity contribution in [2.75, 3.05) is 26.7 Å². The lowest BCUT2D eigenvalue weighted by Gasteiger charge is -2.44. The van der Waals surface area contributed by atoms with Gasteiger partial charge in [-0.25, -0.2) is 10.2 Å². The Morgan fingerprint density at radius 2 is 2.03 bits per heavy atom. The van der Waals surface area contributed by atoms with Crippen LogP contribution in [0.25, 0.3) is 0 Å². The van der Waals surface area contributed by atoms with Gasteiger partial charge in [-0.1, -0.05) is 15.9 Å². The van der Waals surface area contributed by atoms with Gasteiger partial charge in [0.15, 0.2) is 5.60 Å². The van der Waals surface area contributed by atoms with Crippen LogP contribution in [0.15, 0.2) is 27.8 Å². The molecule has 0 saturated carbocycles. The summed E-state index contributed by atoms with van der Waals surface area (Å²) in [6, 6.07) is 4.58. The standard InChI is InChI=1S/C20H20BrF3N6O4/c1-26-16(31)17(32)27-14(20(22,23)24)10-30-6-4-19(5-7-30)15(28-29-18(33)34-19)12-8-11(9-25)2-3-13(12)21/h2-3,8,14H,4-7,10H2,1H3,(H,26,31)(H,27,32)(H,29,33)/t14-/m1/s1. The third-order valence-corrected chi connectivity index (χ3v) is 6.26. The molecule has 0 radical (unpaired) electrons. The first-order chi connectivity index (χ1) is 16.0. The van der Waals surface area contributed by atoms with E-state index in [1.165, 1.54) is 4.90 Å². The summed E-state index contributed by atoms with van der Waals surface area (Å²) < 4.78 is 46.7. The third-order valence-electron chi connectivity index (χ3n) is 5.57. The van der Waals surface area contributed by atoms with Crippen molar-refractivity contribution in [3.8, 4) is 6.07 Å². The summed E-state index contributed by atoms with van der Waals surface area (Å²) in [5.41, 5.74) is 2.24. The molecule has 1 atom stereocenters. The van der Waals surface area contributed by atoms with Crippen LogP contribution in [-0.4, -0.2) is 73.0 Å². The number of piperidine rings is 1. The molecule has 14 heteroatoms. The molecular weight excluding hydrogens is 525 g/mol. The van der Waals surface area contributed by atoms with Crippen LogP contribution in [0.1, 0.15) is 24.0 Å². The van der Waals surface area contributed by atoms with E-state index < -0.39 is 42.3 Å². The summed E-state index contributed by atoms with van der Waals surface area (Å²) >= 11 is 3.40. The van der Waals surface area contributed by atoms with Gasteiger partial charge in [-0.3, -0.25) is 9.59 Å². The fourth-order valence-electron chi connectivity index (χ4n) is 3.80. The molecule has 0 aromatic heterocycles. The molecule has 1 spiro atoms. The number of likely N-dealkylation sites (N-methyl/N-ethyl adjacent to an activating group) is 1. The van der Waals surface area contributed by atoms with E-state index >= 15 is 0 Å². The van der Waals surface area contributed by atoms with E-state index in [2.05, 4.69) is 26.5 Å². The number of hydrazone groups is 1. The van der Waals surface area contributed by atoms with Crippen molar-refractivity contribution >= 4 is 39.5 Å². The molecule has 0 bridgehead atoms. The summed E-state index contributed by atoms with van der Waals surface area (Å²) in [6.45, 7) is -0.414. The van der Waals surface area contributed by atoms with Crippen LogP contribution < -0.4 is 16.1 Å². The van der Waals surface area contributed by atoms with Gasteiger partial charge >= 0.3 is 24.1 Å². The fourth-order valence-corrected chi connectivity index (χ4v) is 4.23. The highest BCUT2D eigenvalue weighted by atomic mass is 79.9. The first-order valence-corrected chi connectivity index (χ1v) is 10.9. The number of carbonyl (C=O) groups excluding carboxylic acids is 3. The molecular formula is C20H20BrF3N6O4. The van der Waals surface area contributed by atoms with Gasteiger partial charge in [0.25, 0.3) is 0 Å². The van der Waals surface area contributed by atoms with E-state index in [1.807, 2.05) is 11.4 Å². The average molecular weight is 545 g/mol. The first-order valence-electron chi connectivity index (χ1n) is 10.1. The molecule has 1 aromatic carbocycles. The van der Waals surface area contributed by atoms with Crippen molar-refractivity contribution in [1.29, 1.82) is 5.26 Å². The number of benzene rings is 1. The number of halogens is 4. The molecule has 1 saturated heterocycles. The number of hydrogen-bond donors (Lipinski definition) is 3. The lowest BCUT2D eigenvalue weighted by molar-refractivity contribution is -0.167. The van der Waals surface area contributed by atoms with Gasteiger partial charge in [0, 0.05) is 49.6 Å². The zero-order chi connectivity index (χ0) is 25.1. The first kappa shape index (κ1) is 25.4. The summed E-state index contributed by atoms with van der Waals surface area (Å²) in [4.78, 5) is 36.5. The van der Waals surface area contributed by atoms with Gasteiger partial charge in [0.1, 0.15) is 11.8 Å². The summed E-state index contributed by atoms with van der Waals surface area (Å²) in [5, 5.41) is 17.1. The molecule has 3 N–H and O–H groups in total. The van der Waals surface area contributed by atoms with Crippen molar-refractivity contribution in [3.05, 3.63) is 33.8 Å². The van der Waals surface area contributed by atoms with Crippen LogP contribution in [-0.2, 0) is 14.3 Å². The number of rotatable bonds is 4. The summed E-state index contributed by atoms with van der Waals surface area (Å²) in [7, 11) is 1.14. The molecule has 0 aliphatic carbocycles. The second-order valence-corrected chi connectivity index (χ2v) is 8.56. The molecule has 3 amide bonds. The van der Waals surface area contributed by atoms with Gasteiger partial charge < -0.3 is 20.3 Å². The maximum atomic E-state index is 13.5. The predicted octanol–water partition coefficient (Wildman–Crippen LogP) is 1.39. The summed E-state index contributed by atoms with van der Waals surface area (Å²) in [6.07, 6.45) is -5.34. The Morgan fingerprint density at radius 1 is 1.35 bits per heavy atom. The van der Waals surface area contributed by atoms with Crippen LogP contribution in [0.3, 0.4) is 0 Å². The van der Waals surface area contributed by atoms with E-state index in [-0.39, 0.29) is 25.9 Å². The minimum Gasteiger partial charge on any atom is -0.435 e. The van der Waals surface area contributed by atoms with Gasteiger partial charge in [-0.2, -0.15) is 23.5 Å². The third kappa shape index (κ3) is 5.48. The van der Waals surface area contributed by atoms with Crippen molar-refractivity contribution in [2.45, 2.75) is 30.7 Å². The Balaban J connectivity index is 1.79. The highest BCUT2D eigenvalue weighted by Crippen LogP contribution is 2.36.